The summed E-state index contributed by atoms with van der Waals surface area (Å²) in [6.07, 6.45) is 2.08. The van der Waals surface area contributed by atoms with Gasteiger partial charge in [0.2, 0.25) is 5.91 Å². The van der Waals surface area contributed by atoms with Crippen molar-refractivity contribution in [2.45, 2.75) is 0 Å². The van der Waals surface area contributed by atoms with Gasteiger partial charge in [0, 0.05) is 11.0 Å². The number of hydrogen-bond donors (Lipinski definition) is 0. The summed E-state index contributed by atoms with van der Waals surface area (Å²) in [5.74, 6) is -2.32. The van der Waals surface area contributed by atoms with E-state index >= 15 is 0 Å². The molecule has 0 atom stereocenters. The Hall–Kier alpha value is -2.20. The van der Waals surface area contributed by atoms with Crippen LogP contribution in [0.15, 0.2) is 29.4 Å². The Morgan fingerprint density at radius 3 is 2.47 bits per heavy atom. The van der Waals surface area contributed by atoms with E-state index in [1.54, 1.807) is 0 Å². The molecule has 0 fully saturated rings. The van der Waals surface area contributed by atoms with Crippen LogP contribution in [0.2, 0.25) is 0 Å². The van der Waals surface area contributed by atoms with Gasteiger partial charge in [0.1, 0.15) is 11.6 Å². The van der Waals surface area contributed by atoms with Gasteiger partial charge < -0.3 is 0 Å². The smallest absolute Gasteiger partial charge is 0.242 e. The van der Waals surface area contributed by atoms with Crippen LogP contribution in [0.4, 0.5) is 8.78 Å². The highest BCUT2D eigenvalue weighted by atomic mass is 19.1. The molecule has 0 aromatic heterocycles. The lowest BCUT2D eigenvalue weighted by Crippen LogP contribution is -1.85. The number of halogens is 2. The molecule has 0 radical (unpaired) electrons. The minimum Gasteiger partial charge on any atom is -0.288 e. The van der Waals surface area contributed by atoms with Gasteiger partial charge in [-0.2, -0.15) is 0 Å². The quantitative estimate of drug-likeness (QED) is 0.319. The van der Waals surface area contributed by atoms with Crippen molar-refractivity contribution in [3.8, 4) is 0 Å². The molecule has 0 heterocycles. The molecule has 0 spiro atoms. The first kappa shape index (κ1) is 10.9. The molecule has 76 valence electrons. The van der Waals surface area contributed by atoms with E-state index in [9.17, 15) is 13.6 Å². The van der Waals surface area contributed by atoms with Crippen LogP contribution in [-0.4, -0.2) is 5.91 Å². The fourth-order valence-electron chi connectivity index (χ4n) is 0.916. The molecule has 0 saturated heterocycles. The van der Waals surface area contributed by atoms with Gasteiger partial charge >= 0.3 is 0 Å². The molecule has 15 heavy (non-hydrogen) atoms. The van der Waals surface area contributed by atoms with Crippen molar-refractivity contribution in [2.24, 2.45) is 5.11 Å². The van der Waals surface area contributed by atoms with E-state index in [-0.39, 0.29) is 5.56 Å². The van der Waals surface area contributed by atoms with E-state index in [1.165, 1.54) is 0 Å². The standard InChI is InChI=1S/C9H5F2N3O/c10-7-3-6(4-8(11)5-7)1-2-9(15)13-14-12/h1-5H/b2-1+. The lowest BCUT2D eigenvalue weighted by molar-refractivity contribution is -0.113. The minimum atomic E-state index is -0.831. The second-order valence-electron chi connectivity index (χ2n) is 2.56. The number of nitrogens with zero attached hydrogens (tertiary/aromatic N) is 3. The topological polar surface area (TPSA) is 65.8 Å². The Morgan fingerprint density at radius 1 is 1.33 bits per heavy atom. The number of amides is 1. The zero-order valence-electron chi connectivity index (χ0n) is 7.39. The molecule has 0 unspecified atom stereocenters. The summed E-state index contributed by atoms with van der Waals surface area (Å²) in [4.78, 5) is 13.0. The number of rotatable bonds is 2. The zero-order valence-corrected chi connectivity index (χ0v) is 7.39. The summed E-state index contributed by atoms with van der Waals surface area (Å²) >= 11 is 0. The first-order valence-electron chi connectivity index (χ1n) is 3.85. The van der Waals surface area contributed by atoms with Gasteiger partial charge in [-0.25, -0.2) is 8.78 Å². The Kier molecular flexibility index (Phi) is 3.54. The second kappa shape index (κ2) is 4.88. The van der Waals surface area contributed by atoms with Crippen molar-refractivity contribution < 1.29 is 13.6 Å². The molecule has 1 aromatic carbocycles. The number of hydrogen-bond acceptors (Lipinski definition) is 1. The third-order valence-electron chi connectivity index (χ3n) is 1.45. The van der Waals surface area contributed by atoms with Crippen LogP contribution >= 0.6 is 0 Å². The minimum absolute atomic E-state index is 0.175. The molecule has 0 aliphatic heterocycles. The zero-order chi connectivity index (χ0) is 11.3. The van der Waals surface area contributed by atoms with E-state index in [4.69, 9.17) is 5.53 Å². The van der Waals surface area contributed by atoms with Crippen LogP contribution in [0, 0.1) is 11.6 Å². The molecule has 0 aliphatic rings. The Labute approximate surface area is 83.5 Å². The molecule has 0 N–H and O–H groups in total. The largest absolute Gasteiger partial charge is 0.288 e. The molecule has 0 aliphatic carbocycles. The molecular weight excluding hydrogens is 204 g/mol. The maximum Gasteiger partial charge on any atom is 0.242 e. The van der Waals surface area contributed by atoms with E-state index < -0.39 is 17.5 Å². The average Bonchev–Trinajstić information content (AvgIpc) is 2.14. The van der Waals surface area contributed by atoms with E-state index in [0.29, 0.717) is 6.07 Å². The predicted molar refractivity (Wildman–Crippen MR) is 49.5 cm³/mol. The lowest BCUT2D eigenvalue weighted by Gasteiger charge is -1.94. The van der Waals surface area contributed by atoms with E-state index in [2.05, 4.69) is 10.0 Å². The summed E-state index contributed by atoms with van der Waals surface area (Å²) in [7, 11) is 0. The van der Waals surface area contributed by atoms with Crippen molar-refractivity contribution in [3.05, 3.63) is 51.9 Å². The van der Waals surface area contributed by atoms with Crippen LogP contribution in [0.5, 0.6) is 0 Å². The van der Waals surface area contributed by atoms with E-state index in [1.807, 2.05) is 0 Å². The summed E-state index contributed by atoms with van der Waals surface area (Å²) in [5, 5.41) is 2.75. The van der Waals surface area contributed by atoms with Crippen molar-refractivity contribution in [1.29, 1.82) is 0 Å². The van der Waals surface area contributed by atoms with Crippen molar-refractivity contribution in [2.75, 3.05) is 0 Å². The number of benzene rings is 1. The van der Waals surface area contributed by atoms with Crippen molar-refractivity contribution in [3.63, 3.8) is 0 Å². The highest BCUT2D eigenvalue weighted by Crippen LogP contribution is 2.09. The summed E-state index contributed by atoms with van der Waals surface area (Å²) in [6, 6.07) is 2.80. The third kappa shape index (κ3) is 3.58. The molecule has 1 aromatic rings. The number of azide groups is 1. The Bertz CT molecular complexity index is 444. The average molecular weight is 209 g/mol. The molecule has 1 amide bonds. The monoisotopic (exact) mass is 209 g/mol. The molecule has 0 saturated carbocycles. The highest BCUT2D eigenvalue weighted by molar-refractivity contribution is 5.92. The van der Waals surface area contributed by atoms with Crippen LogP contribution < -0.4 is 0 Å². The molecular formula is C9H5F2N3O. The Morgan fingerprint density at radius 2 is 1.93 bits per heavy atom. The third-order valence-corrected chi connectivity index (χ3v) is 1.45. The van der Waals surface area contributed by atoms with Crippen LogP contribution in [0.3, 0.4) is 0 Å². The van der Waals surface area contributed by atoms with Crippen LogP contribution in [0.25, 0.3) is 16.5 Å². The molecule has 0 bridgehead atoms. The summed E-state index contributed by atoms with van der Waals surface area (Å²) in [6.45, 7) is 0. The fourth-order valence-corrected chi connectivity index (χ4v) is 0.916. The maximum atomic E-state index is 12.7. The van der Waals surface area contributed by atoms with Crippen molar-refractivity contribution in [1.82, 2.24) is 0 Å². The first-order chi connectivity index (χ1) is 7.11. The summed E-state index contributed by atoms with van der Waals surface area (Å²) < 4.78 is 25.3. The predicted octanol–water partition coefficient (Wildman–Crippen LogP) is 2.81. The van der Waals surface area contributed by atoms with Gasteiger partial charge in [0.15, 0.2) is 0 Å². The maximum absolute atomic E-state index is 12.7. The molecule has 6 heteroatoms. The lowest BCUT2D eigenvalue weighted by atomic mass is 10.2. The van der Waals surface area contributed by atoms with Crippen LogP contribution in [-0.2, 0) is 4.79 Å². The number of carbonyl (C=O) groups excluding carboxylic acids is 1. The normalized spacial score (nSPS) is 10.0. The second-order valence-corrected chi connectivity index (χ2v) is 2.56. The molecule has 4 nitrogen and oxygen atoms in total. The summed E-state index contributed by atoms with van der Waals surface area (Å²) in [5.41, 5.74) is 8.08. The SMILES string of the molecule is [N-]=[N+]=NC(=O)/C=C/c1cc(F)cc(F)c1. The van der Waals surface area contributed by atoms with Gasteiger partial charge in [0.05, 0.1) is 0 Å². The van der Waals surface area contributed by atoms with Gasteiger partial charge in [-0.3, -0.25) is 4.79 Å². The molecule has 1 rings (SSSR count). The number of carbonyl (C=O) groups is 1. The van der Waals surface area contributed by atoms with Crippen LogP contribution in [0.1, 0.15) is 5.56 Å². The van der Waals surface area contributed by atoms with Gasteiger partial charge in [-0.15, -0.1) is 0 Å². The van der Waals surface area contributed by atoms with Crippen molar-refractivity contribution >= 4 is 12.0 Å². The van der Waals surface area contributed by atoms with Gasteiger partial charge in [-0.05, 0) is 34.4 Å². The van der Waals surface area contributed by atoms with E-state index in [0.717, 1.165) is 24.3 Å². The van der Waals surface area contributed by atoms with Gasteiger partial charge in [-0.1, -0.05) is 6.08 Å². The Balaban J connectivity index is 2.89. The first-order valence-corrected chi connectivity index (χ1v) is 3.85. The van der Waals surface area contributed by atoms with Gasteiger partial charge in [0.25, 0.3) is 0 Å². The fraction of sp³-hybridized carbons (Fsp3) is 0. The highest BCUT2D eigenvalue weighted by Gasteiger charge is 1.97.